The maximum absolute atomic E-state index is 4.74. The summed E-state index contributed by atoms with van der Waals surface area (Å²) in [6.45, 7) is 2.92. The van der Waals surface area contributed by atoms with Gasteiger partial charge in [0.1, 0.15) is 11.0 Å². The van der Waals surface area contributed by atoms with Gasteiger partial charge in [0, 0.05) is 5.56 Å². The van der Waals surface area contributed by atoms with Gasteiger partial charge in [0.15, 0.2) is 5.69 Å². The summed E-state index contributed by atoms with van der Waals surface area (Å²) in [7, 11) is 0. The normalized spacial score (nSPS) is 11.4. The summed E-state index contributed by atoms with van der Waals surface area (Å²) in [5.41, 5.74) is 5.16. The summed E-state index contributed by atoms with van der Waals surface area (Å²) < 4.78 is 3.94. The Bertz CT molecular complexity index is 887. The molecule has 2 heterocycles. The minimum atomic E-state index is 0.821. The minimum absolute atomic E-state index is 0.821. The zero-order chi connectivity index (χ0) is 13.5. The smallest absolute Gasteiger partial charge is 0.259 e. The molecule has 20 heavy (non-hydrogen) atoms. The molecule has 4 aromatic rings. The van der Waals surface area contributed by atoms with E-state index >= 15 is 0 Å². The second kappa shape index (κ2) is 4.20. The lowest BCUT2D eigenvalue weighted by Crippen LogP contribution is -2.39. The summed E-state index contributed by atoms with van der Waals surface area (Å²) in [6.07, 6.45) is 0. The van der Waals surface area contributed by atoms with Gasteiger partial charge in [-0.15, -0.1) is 0 Å². The maximum Gasteiger partial charge on any atom is 0.259 e. The van der Waals surface area contributed by atoms with E-state index in [0.717, 1.165) is 34.5 Å². The fraction of sp³-hybridized carbons (Fsp3) is 0.125. The van der Waals surface area contributed by atoms with E-state index in [1.54, 1.807) is 0 Å². The number of hydrogen-bond acceptors (Lipinski definition) is 1. The van der Waals surface area contributed by atoms with Gasteiger partial charge in [0.25, 0.3) is 5.65 Å². The van der Waals surface area contributed by atoms with Gasteiger partial charge in [-0.05, 0) is 19.1 Å². The number of imidazole rings is 1. The van der Waals surface area contributed by atoms with Crippen molar-refractivity contribution < 1.29 is 4.68 Å². The third-order valence-corrected chi connectivity index (χ3v) is 3.55. The molecule has 0 aliphatic heterocycles. The molecule has 0 N–H and O–H groups in total. The molecule has 4 heteroatoms. The predicted molar refractivity (Wildman–Crippen MR) is 77.3 cm³/mol. The van der Waals surface area contributed by atoms with Crippen LogP contribution in [0.3, 0.4) is 0 Å². The summed E-state index contributed by atoms with van der Waals surface area (Å²) in [4.78, 5) is 4.74. The molecule has 0 aliphatic rings. The standard InChI is InChI=1S/C16H14N4/c1-2-19-15(12-8-4-3-5-9-12)16-17-13-10-6-7-11-14(13)20(16)18-19/h3-11H,2H2,1H3. The molecular formula is C16H14N4. The highest BCUT2D eigenvalue weighted by Crippen LogP contribution is 2.23. The Hall–Kier alpha value is -2.62. The van der Waals surface area contributed by atoms with Crippen molar-refractivity contribution in [3.63, 3.8) is 0 Å². The molecule has 0 amide bonds. The molecule has 0 unspecified atom stereocenters. The fourth-order valence-electron chi connectivity index (χ4n) is 2.62. The lowest BCUT2D eigenvalue weighted by molar-refractivity contribution is -0.746. The second-order valence-electron chi connectivity index (χ2n) is 4.76. The largest absolute Gasteiger partial charge is 0.340 e. The minimum Gasteiger partial charge on any atom is -0.340 e. The van der Waals surface area contributed by atoms with E-state index in [1.807, 2.05) is 45.6 Å². The maximum atomic E-state index is 4.74. The monoisotopic (exact) mass is 262 g/mol. The van der Waals surface area contributed by atoms with Crippen LogP contribution in [-0.2, 0) is 6.54 Å². The van der Waals surface area contributed by atoms with E-state index in [4.69, 9.17) is 4.98 Å². The van der Waals surface area contributed by atoms with Crippen LogP contribution in [0.4, 0.5) is 0 Å². The van der Waals surface area contributed by atoms with Gasteiger partial charge in [0.05, 0.1) is 6.54 Å². The van der Waals surface area contributed by atoms with Gasteiger partial charge in [-0.25, -0.2) is 4.98 Å². The third kappa shape index (κ3) is 1.48. The summed E-state index contributed by atoms with van der Waals surface area (Å²) in [6, 6.07) is 18.4. The number of para-hydroxylation sites is 2. The summed E-state index contributed by atoms with van der Waals surface area (Å²) in [5, 5.41) is 4.67. The van der Waals surface area contributed by atoms with E-state index in [2.05, 4.69) is 30.3 Å². The van der Waals surface area contributed by atoms with E-state index < -0.39 is 0 Å². The average molecular weight is 262 g/mol. The lowest BCUT2D eigenvalue weighted by atomic mass is 10.1. The molecule has 0 aliphatic carbocycles. The second-order valence-corrected chi connectivity index (χ2v) is 4.76. The van der Waals surface area contributed by atoms with Crippen molar-refractivity contribution in [2.45, 2.75) is 13.5 Å². The van der Waals surface area contributed by atoms with E-state index in [-0.39, 0.29) is 0 Å². The van der Waals surface area contributed by atoms with Crippen LogP contribution in [0.15, 0.2) is 54.6 Å². The van der Waals surface area contributed by atoms with Crippen LogP contribution in [0.1, 0.15) is 6.92 Å². The van der Waals surface area contributed by atoms with Gasteiger partial charge in [-0.2, -0.15) is 0 Å². The van der Waals surface area contributed by atoms with Crippen molar-refractivity contribution in [1.29, 1.82) is 0 Å². The van der Waals surface area contributed by atoms with Gasteiger partial charge in [-0.1, -0.05) is 42.5 Å². The van der Waals surface area contributed by atoms with Crippen LogP contribution >= 0.6 is 0 Å². The molecule has 0 atom stereocenters. The molecule has 0 saturated carbocycles. The Morgan fingerprint density at radius 2 is 1.80 bits per heavy atom. The first-order chi connectivity index (χ1) is 9.88. The van der Waals surface area contributed by atoms with E-state index in [9.17, 15) is 0 Å². The Morgan fingerprint density at radius 1 is 1.05 bits per heavy atom. The predicted octanol–water partition coefficient (Wildman–Crippen LogP) is 2.42. The van der Waals surface area contributed by atoms with Crippen LogP contribution in [-0.4, -0.2) is 9.50 Å². The molecule has 2 aromatic carbocycles. The summed E-state index contributed by atoms with van der Waals surface area (Å²) in [5.74, 6) is 0. The molecule has 0 fully saturated rings. The molecular weight excluding hydrogens is 248 g/mol. The molecule has 0 saturated heterocycles. The van der Waals surface area contributed by atoms with Crippen LogP contribution < -0.4 is 9.90 Å². The first kappa shape index (κ1) is 11.2. The van der Waals surface area contributed by atoms with Gasteiger partial charge in [0.2, 0.25) is 0 Å². The number of rotatable bonds is 2. The lowest BCUT2D eigenvalue weighted by Gasteiger charge is -2.04. The number of benzene rings is 2. The van der Waals surface area contributed by atoms with Gasteiger partial charge in [-0.3, -0.25) is 4.52 Å². The SMILES string of the molecule is CC[n+]1[n-]n2c(nc3ccccc32)c1-c1ccccc1. The topological polar surface area (TPSA) is 35.3 Å². The molecule has 0 bridgehead atoms. The van der Waals surface area contributed by atoms with Crippen molar-refractivity contribution >= 4 is 16.7 Å². The van der Waals surface area contributed by atoms with Crippen molar-refractivity contribution in [3.8, 4) is 11.3 Å². The first-order valence-electron chi connectivity index (χ1n) is 6.78. The first-order valence-corrected chi connectivity index (χ1v) is 6.78. The number of aryl methyl sites for hydroxylation is 1. The molecule has 4 nitrogen and oxygen atoms in total. The molecule has 98 valence electrons. The molecule has 0 spiro atoms. The highest BCUT2D eigenvalue weighted by molar-refractivity contribution is 5.84. The highest BCUT2D eigenvalue weighted by atomic mass is 15.5. The fourth-order valence-corrected chi connectivity index (χ4v) is 2.62. The number of nitrogens with zero attached hydrogens (tertiary/aromatic N) is 4. The highest BCUT2D eigenvalue weighted by Gasteiger charge is 2.17. The molecule has 4 rings (SSSR count). The van der Waals surface area contributed by atoms with Gasteiger partial charge < -0.3 is 9.90 Å². The molecule has 0 radical (unpaired) electrons. The summed E-state index contributed by atoms with van der Waals surface area (Å²) >= 11 is 0. The van der Waals surface area contributed by atoms with Crippen LogP contribution in [0, 0.1) is 0 Å². The van der Waals surface area contributed by atoms with Crippen LogP contribution in [0.25, 0.3) is 27.9 Å². The van der Waals surface area contributed by atoms with Gasteiger partial charge >= 0.3 is 0 Å². The van der Waals surface area contributed by atoms with Crippen molar-refractivity contribution in [2.75, 3.05) is 0 Å². The Morgan fingerprint density at radius 3 is 2.60 bits per heavy atom. The van der Waals surface area contributed by atoms with Crippen molar-refractivity contribution in [2.24, 2.45) is 0 Å². The quantitative estimate of drug-likeness (QED) is 0.520. The number of aromatic nitrogens is 4. The Balaban J connectivity index is 2.12. The van der Waals surface area contributed by atoms with Crippen molar-refractivity contribution in [3.05, 3.63) is 54.6 Å². The number of hydrogen-bond donors (Lipinski definition) is 0. The van der Waals surface area contributed by atoms with E-state index in [0.29, 0.717) is 0 Å². The zero-order valence-electron chi connectivity index (χ0n) is 11.2. The third-order valence-electron chi connectivity index (χ3n) is 3.55. The van der Waals surface area contributed by atoms with E-state index in [1.165, 1.54) is 0 Å². The average Bonchev–Trinajstić information content (AvgIpc) is 3.03. The Labute approximate surface area is 116 Å². The van der Waals surface area contributed by atoms with Crippen LogP contribution in [0.5, 0.6) is 0 Å². The van der Waals surface area contributed by atoms with Crippen LogP contribution in [0.2, 0.25) is 0 Å². The zero-order valence-corrected chi connectivity index (χ0v) is 11.2. The Kier molecular flexibility index (Phi) is 2.36. The molecule has 2 aromatic heterocycles. The number of fused-ring (bicyclic) bond motifs is 3. The van der Waals surface area contributed by atoms with Crippen molar-refractivity contribution in [1.82, 2.24) is 14.7 Å².